The average molecular weight is 226 g/mol. The summed E-state index contributed by atoms with van der Waals surface area (Å²) in [6.07, 6.45) is 3.32. The summed E-state index contributed by atoms with van der Waals surface area (Å²) in [6.45, 7) is 2.15. The molecular formula is C13H16F2O. The molecule has 0 aliphatic heterocycles. The van der Waals surface area contributed by atoms with Gasteiger partial charge in [-0.1, -0.05) is 25.8 Å². The minimum Gasteiger partial charge on any atom is -0.493 e. The molecule has 1 aromatic carbocycles. The molecule has 1 aliphatic rings. The quantitative estimate of drug-likeness (QED) is 0.743. The number of methoxy groups -OCH3 is 1. The van der Waals surface area contributed by atoms with Crippen LogP contribution in [0.5, 0.6) is 5.75 Å². The van der Waals surface area contributed by atoms with E-state index in [1.54, 1.807) is 6.07 Å². The summed E-state index contributed by atoms with van der Waals surface area (Å²) in [6, 6.07) is 2.85. The summed E-state index contributed by atoms with van der Waals surface area (Å²) >= 11 is 0. The van der Waals surface area contributed by atoms with Gasteiger partial charge >= 0.3 is 0 Å². The first kappa shape index (κ1) is 11.4. The Kier molecular flexibility index (Phi) is 3.13. The van der Waals surface area contributed by atoms with Crippen molar-refractivity contribution >= 4 is 0 Å². The van der Waals surface area contributed by atoms with Crippen LogP contribution in [-0.2, 0) is 0 Å². The van der Waals surface area contributed by atoms with Gasteiger partial charge in [-0.25, -0.2) is 4.39 Å². The van der Waals surface area contributed by atoms with E-state index in [9.17, 15) is 8.78 Å². The van der Waals surface area contributed by atoms with Crippen LogP contribution in [0.15, 0.2) is 12.1 Å². The highest BCUT2D eigenvalue weighted by Crippen LogP contribution is 2.43. The molecule has 0 aromatic heterocycles. The van der Waals surface area contributed by atoms with Crippen molar-refractivity contribution in [1.29, 1.82) is 0 Å². The van der Waals surface area contributed by atoms with Crippen LogP contribution in [0, 0.1) is 17.6 Å². The number of hydrogen-bond donors (Lipinski definition) is 0. The van der Waals surface area contributed by atoms with Crippen LogP contribution >= 0.6 is 0 Å². The maximum atomic E-state index is 13.5. The van der Waals surface area contributed by atoms with Crippen LogP contribution in [0.1, 0.15) is 37.7 Å². The van der Waals surface area contributed by atoms with Crippen LogP contribution in [0.4, 0.5) is 8.78 Å². The predicted molar refractivity (Wildman–Crippen MR) is 58.7 cm³/mol. The average Bonchev–Trinajstić information content (AvgIpc) is 2.68. The second-order valence-corrected chi connectivity index (χ2v) is 4.50. The van der Waals surface area contributed by atoms with Gasteiger partial charge in [-0.05, 0) is 24.3 Å². The normalized spacial score (nSPS) is 24.8. The van der Waals surface area contributed by atoms with E-state index in [1.165, 1.54) is 13.2 Å². The van der Waals surface area contributed by atoms with E-state index in [4.69, 9.17) is 4.74 Å². The van der Waals surface area contributed by atoms with Crippen molar-refractivity contribution in [3.63, 3.8) is 0 Å². The fraction of sp³-hybridized carbons (Fsp3) is 0.538. The molecule has 1 fully saturated rings. The van der Waals surface area contributed by atoms with Gasteiger partial charge in [-0.15, -0.1) is 0 Å². The van der Waals surface area contributed by atoms with Crippen LogP contribution in [0.2, 0.25) is 0 Å². The second-order valence-electron chi connectivity index (χ2n) is 4.50. The Labute approximate surface area is 94.4 Å². The van der Waals surface area contributed by atoms with Gasteiger partial charge in [0.05, 0.1) is 7.11 Å². The minimum absolute atomic E-state index is 0.0822. The van der Waals surface area contributed by atoms with Gasteiger partial charge < -0.3 is 4.74 Å². The van der Waals surface area contributed by atoms with Gasteiger partial charge in [0.15, 0.2) is 11.6 Å². The van der Waals surface area contributed by atoms with Gasteiger partial charge in [-0.3, -0.25) is 0 Å². The first-order chi connectivity index (χ1) is 7.65. The molecule has 0 N–H and O–H groups in total. The highest BCUT2D eigenvalue weighted by molar-refractivity contribution is 5.39. The van der Waals surface area contributed by atoms with Crippen molar-refractivity contribution in [2.75, 3.05) is 7.11 Å². The van der Waals surface area contributed by atoms with E-state index in [-0.39, 0.29) is 5.75 Å². The Morgan fingerprint density at radius 2 is 2.00 bits per heavy atom. The maximum absolute atomic E-state index is 13.5. The molecule has 0 radical (unpaired) electrons. The molecule has 2 atom stereocenters. The molecule has 16 heavy (non-hydrogen) atoms. The number of rotatable bonds is 2. The Morgan fingerprint density at radius 3 is 2.56 bits per heavy atom. The first-order valence-electron chi connectivity index (χ1n) is 5.67. The van der Waals surface area contributed by atoms with Gasteiger partial charge in [0.25, 0.3) is 0 Å². The van der Waals surface area contributed by atoms with E-state index in [0.717, 1.165) is 24.8 Å². The molecule has 0 amide bonds. The molecule has 0 heterocycles. The lowest BCUT2D eigenvalue weighted by Gasteiger charge is -2.19. The zero-order valence-electron chi connectivity index (χ0n) is 9.59. The molecule has 1 unspecified atom stereocenters. The highest BCUT2D eigenvalue weighted by Gasteiger charge is 2.29. The van der Waals surface area contributed by atoms with E-state index in [0.29, 0.717) is 11.8 Å². The van der Waals surface area contributed by atoms with Crippen LogP contribution < -0.4 is 4.74 Å². The third-order valence-corrected chi connectivity index (χ3v) is 3.55. The van der Waals surface area contributed by atoms with Gasteiger partial charge in [0.2, 0.25) is 5.82 Å². The van der Waals surface area contributed by atoms with E-state index in [2.05, 4.69) is 6.92 Å². The monoisotopic (exact) mass is 226 g/mol. The molecule has 88 valence electrons. The maximum Gasteiger partial charge on any atom is 0.200 e. The van der Waals surface area contributed by atoms with E-state index in [1.807, 2.05) is 0 Å². The molecule has 1 aromatic rings. The zero-order valence-corrected chi connectivity index (χ0v) is 9.59. The van der Waals surface area contributed by atoms with Crippen molar-refractivity contribution in [3.05, 3.63) is 29.3 Å². The van der Waals surface area contributed by atoms with Crippen molar-refractivity contribution in [2.45, 2.75) is 32.1 Å². The lowest BCUT2D eigenvalue weighted by atomic mass is 9.89. The SMILES string of the molecule is COc1c([C@H]2CCCC2C)ccc(F)c1F. The topological polar surface area (TPSA) is 9.23 Å². The third kappa shape index (κ3) is 1.79. The van der Waals surface area contributed by atoms with Gasteiger partial charge in [-0.2, -0.15) is 4.39 Å². The lowest BCUT2D eigenvalue weighted by Crippen LogP contribution is -2.06. The summed E-state index contributed by atoms with van der Waals surface area (Å²) in [5.41, 5.74) is 0.811. The van der Waals surface area contributed by atoms with Crippen LogP contribution in [0.25, 0.3) is 0 Å². The van der Waals surface area contributed by atoms with Gasteiger partial charge in [0.1, 0.15) is 0 Å². The summed E-state index contributed by atoms with van der Waals surface area (Å²) < 4.78 is 31.6. The molecule has 1 aliphatic carbocycles. The number of halogens is 2. The van der Waals surface area contributed by atoms with Crippen molar-refractivity contribution in [3.8, 4) is 5.75 Å². The van der Waals surface area contributed by atoms with Crippen molar-refractivity contribution in [2.24, 2.45) is 5.92 Å². The van der Waals surface area contributed by atoms with Crippen molar-refractivity contribution < 1.29 is 13.5 Å². The predicted octanol–water partition coefficient (Wildman–Crippen LogP) is 3.88. The van der Waals surface area contributed by atoms with Gasteiger partial charge in [0, 0.05) is 5.56 Å². The minimum atomic E-state index is -0.862. The second kappa shape index (κ2) is 4.40. The Bertz CT molecular complexity index is 390. The van der Waals surface area contributed by atoms with E-state index >= 15 is 0 Å². The fourth-order valence-electron chi connectivity index (χ4n) is 2.65. The molecule has 3 heteroatoms. The fourth-order valence-corrected chi connectivity index (χ4v) is 2.65. The molecule has 1 nitrogen and oxygen atoms in total. The number of hydrogen-bond acceptors (Lipinski definition) is 1. The molecule has 0 spiro atoms. The van der Waals surface area contributed by atoms with Crippen LogP contribution in [-0.4, -0.2) is 7.11 Å². The number of ether oxygens (including phenoxy) is 1. The molecule has 2 rings (SSSR count). The zero-order chi connectivity index (χ0) is 11.7. The lowest BCUT2D eigenvalue weighted by molar-refractivity contribution is 0.359. The third-order valence-electron chi connectivity index (χ3n) is 3.55. The largest absolute Gasteiger partial charge is 0.493 e. The van der Waals surface area contributed by atoms with Crippen molar-refractivity contribution in [1.82, 2.24) is 0 Å². The first-order valence-corrected chi connectivity index (χ1v) is 5.67. The molecule has 0 bridgehead atoms. The summed E-state index contributed by atoms with van der Waals surface area (Å²) in [7, 11) is 1.39. The van der Waals surface area contributed by atoms with Crippen LogP contribution in [0.3, 0.4) is 0 Å². The molecular weight excluding hydrogens is 210 g/mol. The molecule has 1 saturated carbocycles. The van der Waals surface area contributed by atoms with E-state index < -0.39 is 11.6 Å². The standard InChI is InChI=1S/C13H16F2O/c1-8-4-3-5-9(8)10-6-7-11(14)12(15)13(10)16-2/h6-9H,3-5H2,1-2H3/t8?,9-/m0/s1. The number of benzene rings is 1. The summed E-state index contributed by atoms with van der Waals surface area (Å²) in [5.74, 6) is -0.812. The summed E-state index contributed by atoms with van der Waals surface area (Å²) in [5, 5.41) is 0. The Balaban J connectivity index is 2.44. The molecule has 0 saturated heterocycles. The highest BCUT2D eigenvalue weighted by atomic mass is 19.2. The smallest absolute Gasteiger partial charge is 0.200 e. The Morgan fingerprint density at radius 1 is 1.25 bits per heavy atom. The Hall–Kier alpha value is -1.12. The summed E-state index contributed by atoms with van der Waals surface area (Å²) in [4.78, 5) is 0.